The second-order valence-electron chi connectivity index (χ2n) is 9.24. The van der Waals surface area contributed by atoms with Crippen LogP contribution in [0.3, 0.4) is 0 Å². The highest BCUT2D eigenvalue weighted by Gasteiger charge is 2.26. The Kier molecular flexibility index (Phi) is 6.98. The molecule has 4 aromatic carbocycles. The van der Waals surface area contributed by atoms with Crippen LogP contribution >= 0.6 is 11.8 Å². The van der Waals surface area contributed by atoms with E-state index < -0.39 is 0 Å². The topological polar surface area (TPSA) is 46.4 Å². The van der Waals surface area contributed by atoms with Crippen LogP contribution in [0.4, 0.5) is 5.69 Å². The van der Waals surface area contributed by atoms with Gasteiger partial charge in [0.2, 0.25) is 0 Å². The number of thioether (sulfide) groups is 1. The summed E-state index contributed by atoms with van der Waals surface area (Å²) in [4.78, 5) is 18.4. The van der Waals surface area contributed by atoms with Gasteiger partial charge in [-0.2, -0.15) is 0 Å². The SMILES string of the molecule is CCc1ccc(N=C2NC(=O)/C(=C\c3cc(-c4ccccc4)n(-c4ccccc4)c3-c3ccccc3)S2)cc1. The normalized spacial score (nSPS) is 15.2. The maximum Gasteiger partial charge on any atom is 0.264 e. The third kappa shape index (κ3) is 5.22. The van der Waals surface area contributed by atoms with Crippen molar-refractivity contribution in [2.75, 3.05) is 0 Å². The van der Waals surface area contributed by atoms with E-state index >= 15 is 0 Å². The molecule has 1 amide bonds. The predicted molar refractivity (Wildman–Crippen MR) is 163 cm³/mol. The number of amidine groups is 1. The lowest BCUT2D eigenvalue weighted by Crippen LogP contribution is -2.19. The lowest BCUT2D eigenvalue weighted by Gasteiger charge is -2.15. The van der Waals surface area contributed by atoms with E-state index in [2.05, 4.69) is 76.4 Å². The fourth-order valence-corrected chi connectivity index (χ4v) is 5.58. The minimum Gasteiger partial charge on any atom is -0.309 e. The van der Waals surface area contributed by atoms with Crippen molar-refractivity contribution in [3.8, 4) is 28.2 Å². The molecule has 0 saturated carbocycles. The summed E-state index contributed by atoms with van der Waals surface area (Å²) in [6, 6.07) is 41.3. The van der Waals surface area contributed by atoms with Crippen LogP contribution in [0.5, 0.6) is 0 Å². The van der Waals surface area contributed by atoms with Crippen molar-refractivity contribution in [2.45, 2.75) is 13.3 Å². The van der Waals surface area contributed by atoms with Crippen LogP contribution < -0.4 is 5.32 Å². The zero-order valence-electron chi connectivity index (χ0n) is 21.5. The molecule has 5 heteroatoms. The first kappa shape index (κ1) is 24.7. The van der Waals surface area contributed by atoms with Crippen LogP contribution in [0.15, 0.2) is 131 Å². The summed E-state index contributed by atoms with van der Waals surface area (Å²) < 4.78 is 2.28. The smallest absolute Gasteiger partial charge is 0.264 e. The number of nitrogens with one attached hydrogen (secondary N) is 1. The largest absolute Gasteiger partial charge is 0.309 e. The van der Waals surface area contributed by atoms with E-state index in [1.165, 1.54) is 17.3 Å². The van der Waals surface area contributed by atoms with E-state index in [0.717, 1.165) is 45.9 Å². The number of hydrogen-bond donors (Lipinski definition) is 1. The molecule has 190 valence electrons. The third-order valence-electron chi connectivity index (χ3n) is 6.67. The van der Waals surface area contributed by atoms with E-state index in [1.807, 2.05) is 72.8 Å². The number of benzene rings is 4. The van der Waals surface area contributed by atoms with E-state index in [0.29, 0.717) is 10.1 Å². The Morgan fingerprint density at radius 2 is 1.41 bits per heavy atom. The molecule has 5 aromatic rings. The Labute approximate surface area is 232 Å². The summed E-state index contributed by atoms with van der Waals surface area (Å²) in [7, 11) is 0. The zero-order valence-corrected chi connectivity index (χ0v) is 22.4. The molecule has 1 aromatic heterocycles. The average Bonchev–Trinajstić information content (AvgIpc) is 3.54. The number of aromatic nitrogens is 1. The summed E-state index contributed by atoms with van der Waals surface area (Å²) in [5, 5.41) is 3.53. The lowest BCUT2D eigenvalue weighted by atomic mass is 10.1. The van der Waals surface area contributed by atoms with Crippen LogP contribution in [-0.4, -0.2) is 15.6 Å². The van der Waals surface area contributed by atoms with E-state index in [9.17, 15) is 4.79 Å². The fourth-order valence-electron chi connectivity index (χ4n) is 4.74. The molecule has 0 spiro atoms. The molecule has 0 bridgehead atoms. The molecule has 0 atom stereocenters. The molecule has 1 fully saturated rings. The molecular weight excluding hydrogens is 498 g/mol. The lowest BCUT2D eigenvalue weighted by molar-refractivity contribution is -0.115. The highest BCUT2D eigenvalue weighted by molar-refractivity contribution is 8.18. The molecule has 39 heavy (non-hydrogen) atoms. The van der Waals surface area contributed by atoms with E-state index in [4.69, 9.17) is 0 Å². The first-order valence-electron chi connectivity index (χ1n) is 13.0. The van der Waals surface area contributed by atoms with Gasteiger partial charge in [-0.05, 0) is 71.3 Å². The van der Waals surface area contributed by atoms with Crippen molar-refractivity contribution in [1.82, 2.24) is 9.88 Å². The first-order valence-corrected chi connectivity index (χ1v) is 13.8. The maximum absolute atomic E-state index is 13.1. The summed E-state index contributed by atoms with van der Waals surface area (Å²) in [6.07, 6.45) is 2.96. The van der Waals surface area contributed by atoms with E-state index in [1.54, 1.807) is 0 Å². The van der Waals surface area contributed by atoms with Gasteiger partial charge in [-0.3, -0.25) is 4.79 Å². The van der Waals surface area contributed by atoms with Crippen LogP contribution in [0.1, 0.15) is 18.1 Å². The Morgan fingerprint density at radius 1 is 0.795 bits per heavy atom. The highest BCUT2D eigenvalue weighted by Crippen LogP contribution is 2.39. The molecule has 1 aliphatic heterocycles. The molecule has 1 aliphatic rings. The number of rotatable bonds is 6. The standard InChI is InChI=1S/C34H27N3OS/c1-2-24-18-20-28(21-19-24)35-34-36-33(38)31(39-34)23-27-22-30(25-12-6-3-7-13-25)37(29-16-10-5-11-17-29)32(27)26-14-8-4-9-15-26/h3-23H,2H2,1H3,(H,35,36,38)/b31-23+. The zero-order chi connectivity index (χ0) is 26.6. The van der Waals surface area contributed by atoms with Gasteiger partial charge in [0.15, 0.2) is 5.17 Å². The van der Waals surface area contributed by atoms with Crippen molar-refractivity contribution in [3.63, 3.8) is 0 Å². The van der Waals surface area contributed by atoms with Gasteiger partial charge in [0, 0.05) is 11.3 Å². The van der Waals surface area contributed by atoms with Gasteiger partial charge in [0.1, 0.15) is 0 Å². The van der Waals surface area contributed by atoms with Gasteiger partial charge in [0.25, 0.3) is 5.91 Å². The van der Waals surface area contributed by atoms with Crippen molar-refractivity contribution < 1.29 is 4.79 Å². The van der Waals surface area contributed by atoms with Crippen molar-refractivity contribution >= 4 is 34.6 Å². The fraction of sp³-hybridized carbons (Fsp3) is 0.0588. The van der Waals surface area contributed by atoms with Crippen molar-refractivity contribution in [2.24, 2.45) is 4.99 Å². The highest BCUT2D eigenvalue weighted by atomic mass is 32.2. The first-order chi connectivity index (χ1) is 19.2. The van der Waals surface area contributed by atoms with Crippen LogP contribution in [0.2, 0.25) is 0 Å². The molecule has 4 nitrogen and oxygen atoms in total. The van der Waals surface area contributed by atoms with Crippen molar-refractivity contribution in [3.05, 3.63) is 137 Å². The molecule has 0 aliphatic carbocycles. The molecule has 1 saturated heterocycles. The summed E-state index contributed by atoms with van der Waals surface area (Å²) >= 11 is 1.37. The molecule has 0 unspecified atom stereocenters. The van der Waals surface area contributed by atoms with Gasteiger partial charge in [0.05, 0.1) is 22.0 Å². The molecule has 2 heterocycles. The number of aliphatic imine (C=N–C) groups is 1. The molecular formula is C34H27N3OS. The maximum atomic E-state index is 13.1. The number of amides is 1. The van der Waals surface area contributed by atoms with Gasteiger partial charge in [-0.15, -0.1) is 0 Å². The molecule has 6 rings (SSSR count). The van der Waals surface area contributed by atoms with Gasteiger partial charge in [-0.25, -0.2) is 4.99 Å². The molecule has 1 N–H and O–H groups in total. The minimum atomic E-state index is -0.142. The van der Waals surface area contributed by atoms with E-state index in [-0.39, 0.29) is 5.91 Å². The van der Waals surface area contributed by atoms with Gasteiger partial charge in [-0.1, -0.05) is 97.9 Å². The Hall–Kier alpha value is -4.61. The Morgan fingerprint density at radius 3 is 2.05 bits per heavy atom. The second kappa shape index (κ2) is 11.0. The quantitative estimate of drug-likeness (QED) is 0.227. The average molecular weight is 526 g/mol. The minimum absolute atomic E-state index is 0.142. The van der Waals surface area contributed by atoms with Crippen LogP contribution in [0.25, 0.3) is 34.3 Å². The Bertz CT molecular complexity index is 1670. The summed E-state index contributed by atoms with van der Waals surface area (Å²) in [5.74, 6) is -0.142. The van der Waals surface area contributed by atoms with Gasteiger partial charge < -0.3 is 9.88 Å². The van der Waals surface area contributed by atoms with Gasteiger partial charge >= 0.3 is 0 Å². The number of para-hydroxylation sites is 1. The van der Waals surface area contributed by atoms with Crippen LogP contribution in [0, 0.1) is 0 Å². The Balaban J connectivity index is 1.49. The second-order valence-corrected chi connectivity index (χ2v) is 10.3. The summed E-state index contributed by atoms with van der Waals surface area (Å²) in [5.41, 5.74) is 8.36. The third-order valence-corrected chi connectivity index (χ3v) is 7.58. The van der Waals surface area contributed by atoms with Crippen molar-refractivity contribution in [1.29, 1.82) is 0 Å². The van der Waals surface area contributed by atoms with Crippen LogP contribution in [-0.2, 0) is 11.2 Å². The summed E-state index contributed by atoms with van der Waals surface area (Å²) in [6.45, 7) is 2.13. The number of nitrogens with zero attached hydrogens (tertiary/aromatic N) is 2. The number of carbonyl (C=O) groups is 1. The number of carbonyl (C=O) groups excluding carboxylic acids is 1. The monoisotopic (exact) mass is 525 g/mol. The predicted octanol–water partition coefficient (Wildman–Crippen LogP) is 8.27. The number of hydrogen-bond acceptors (Lipinski definition) is 3. The molecule has 0 radical (unpaired) electrons. The number of aryl methyl sites for hydroxylation is 1.